The van der Waals surface area contributed by atoms with Gasteiger partial charge in [-0.2, -0.15) is 0 Å². The molecule has 118 valence electrons. The maximum atomic E-state index is 12.7. The first-order chi connectivity index (χ1) is 10.1. The Balaban J connectivity index is 1.57. The summed E-state index contributed by atoms with van der Waals surface area (Å²) in [6.07, 6.45) is 2.43. The van der Waals surface area contributed by atoms with Crippen molar-refractivity contribution in [3.05, 3.63) is 0 Å². The second kappa shape index (κ2) is 6.32. The molecule has 0 bridgehead atoms. The highest BCUT2D eigenvalue weighted by atomic mass is 16.2. The molecule has 3 heterocycles. The van der Waals surface area contributed by atoms with E-state index in [1.165, 1.54) is 0 Å². The molecular weight excluding hydrogens is 268 g/mol. The highest BCUT2D eigenvalue weighted by molar-refractivity contribution is 5.82. The van der Waals surface area contributed by atoms with Gasteiger partial charge < -0.3 is 15.5 Å². The predicted molar refractivity (Wildman–Crippen MR) is 79.8 cm³/mol. The van der Waals surface area contributed by atoms with Crippen LogP contribution in [-0.4, -0.2) is 73.0 Å². The molecule has 2 amide bonds. The number of fused-ring (bicyclic) bond motifs is 1. The second-order valence-electron chi connectivity index (χ2n) is 6.51. The van der Waals surface area contributed by atoms with E-state index in [2.05, 4.69) is 15.5 Å². The summed E-state index contributed by atoms with van der Waals surface area (Å²) in [5.41, 5.74) is 0. The highest BCUT2D eigenvalue weighted by Crippen LogP contribution is 2.26. The van der Waals surface area contributed by atoms with Gasteiger partial charge in [-0.3, -0.25) is 14.5 Å². The van der Waals surface area contributed by atoms with Crippen LogP contribution >= 0.6 is 0 Å². The van der Waals surface area contributed by atoms with Crippen LogP contribution in [-0.2, 0) is 9.59 Å². The van der Waals surface area contributed by atoms with Crippen LogP contribution in [0.25, 0.3) is 0 Å². The molecule has 6 heteroatoms. The Morgan fingerprint density at radius 3 is 2.76 bits per heavy atom. The first-order valence-corrected chi connectivity index (χ1v) is 8.18. The van der Waals surface area contributed by atoms with Crippen LogP contribution in [0.5, 0.6) is 0 Å². The summed E-state index contributed by atoms with van der Waals surface area (Å²) in [4.78, 5) is 28.4. The van der Waals surface area contributed by atoms with Crippen molar-refractivity contribution in [2.24, 2.45) is 5.92 Å². The number of nitrogens with zero attached hydrogens (tertiary/aromatic N) is 2. The van der Waals surface area contributed by atoms with Gasteiger partial charge in [0.05, 0.1) is 6.04 Å². The second-order valence-corrected chi connectivity index (χ2v) is 6.51. The van der Waals surface area contributed by atoms with Gasteiger partial charge in [0.2, 0.25) is 11.8 Å². The molecule has 0 radical (unpaired) electrons. The van der Waals surface area contributed by atoms with Gasteiger partial charge in [-0.15, -0.1) is 0 Å². The molecule has 3 atom stereocenters. The van der Waals surface area contributed by atoms with Crippen LogP contribution in [0.3, 0.4) is 0 Å². The maximum Gasteiger partial charge on any atom is 0.239 e. The molecule has 0 spiro atoms. The van der Waals surface area contributed by atoms with E-state index in [1.54, 1.807) is 0 Å². The lowest BCUT2D eigenvalue weighted by Crippen LogP contribution is -2.59. The minimum absolute atomic E-state index is 0.0261. The van der Waals surface area contributed by atoms with Gasteiger partial charge in [-0.05, 0) is 25.7 Å². The predicted octanol–water partition coefficient (Wildman–Crippen LogP) is -0.593. The van der Waals surface area contributed by atoms with E-state index in [0.717, 1.165) is 52.1 Å². The number of rotatable bonds is 2. The highest BCUT2D eigenvalue weighted by Gasteiger charge is 2.37. The minimum Gasteiger partial charge on any atom is -0.353 e. The van der Waals surface area contributed by atoms with Crippen LogP contribution in [0, 0.1) is 5.92 Å². The van der Waals surface area contributed by atoms with Crippen molar-refractivity contribution in [2.45, 2.75) is 38.3 Å². The van der Waals surface area contributed by atoms with Crippen molar-refractivity contribution in [3.63, 3.8) is 0 Å². The summed E-state index contributed by atoms with van der Waals surface area (Å²) in [6.45, 7) is 7.44. The zero-order chi connectivity index (χ0) is 14.8. The molecule has 21 heavy (non-hydrogen) atoms. The molecule has 0 aromatic carbocycles. The number of carbonyl (C=O) groups is 2. The lowest BCUT2D eigenvalue weighted by Gasteiger charge is -2.43. The van der Waals surface area contributed by atoms with Gasteiger partial charge in [-0.1, -0.05) is 0 Å². The molecule has 0 saturated carbocycles. The lowest BCUT2D eigenvalue weighted by atomic mass is 9.85. The molecule has 3 fully saturated rings. The average molecular weight is 294 g/mol. The summed E-state index contributed by atoms with van der Waals surface area (Å²) in [6, 6.07) is 0.256. The molecule has 3 saturated heterocycles. The third-order valence-corrected chi connectivity index (χ3v) is 5.19. The summed E-state index contributed by atoms with van der Waals surface area (Å²) in [5.74, 6) is 0.869. The van der Waals surface area contributed by atoms with Crippen molar-refractivity contribution in [1.29, 1.82) is 0 Å². The molecule has 2 N–H and O–H groups in total. The summed E-state index contributed by atoms with van der Waals surface area (Å²) in [7, 11) is 0. The molecule has 0 aromatic heterocycles. The molecule has 3 aliphatic heterocycles. The minimum atomic E-state index is -0.0261. The smallest absolute Gasteiger partial charge is 0.239 e. The molecule has 3 unspecified atom stereocenters. The number of piperazine rings is 1. The van der Waals surface area contributed by atoms with Crippen LogP contribution in [0.4, 0.5) is 0 Å². The monoisotopic (exact) mass is 294 g/mol. The number of likely N-dealkylation sites (tertiary alicyclic amines) is 1. The van der Waals surface area contributed by atoms with Crippen LogP contribution < -0.4 is 10.6 Å². The SMILES string of the molecule is CC(C(=O)N1CCC2NC(=O)CCC2C1)N1CCNCC1. The Morgan fingerprint density at radius 1 is 1.24 bits per heavy atom. The normalized spacial score (nSPS) is 32.2. The quantitative estimate of drug-likeness (QED) is 0.714. The average Bonchev–Trinajstić information content (AvgIpc) is 2.53. The molecule has 3 aliphatic rings. The maximum absolute atomic E-state index is 12.7. The van der Waals surface area contributed by atoms with Gasteiger partial charge in [0.25, 0.3) is 0 Å². The largest absolute Gasteiger partial charge is 0.353 e. The van der Waals surface area contributed by atoms with Crippen LogP contribution in [0.15, 0.2) is 0 Å². The summed E-state index contributed by atoms with van der Waals surface area (Å²) < 4.78 is 0. The van der Waals surface area contributed by atoms with Crippen molar-refractivity contribution in [3.8, 4) is 0 Å². The van der Waals surface area contributed by atoms with Crippen LogP contribution in [0.1, 0.15) is 26.2 Å². The van der Waals surface area contributed by atoms with Crippen molar-refractivity contribution >= 4 is 11.8 Å². The van der Waals surface area contributed by atoms with E-state index in [9.17, 15) is 9.59 Å². The Kier molecular flexibility index (Phi) is 4.45. The van der Waals surface area contributed by atoms with Gasteiger partial charge in [-0.25, -0.2) is 0 Å². The number of hydrogen-bond donors (Lipinski definition) is 2. The van der Waals surface area contributed by atoms with Gasteiger partial charge in [0.15, 0.2) is 0 Å². The number of amides is 2. The molecular formula is C15H26N4O2. The first-order valence-electron chi connectivity index (χ1n) is 8.18. The molecule has 3 rings (SSSR count). The van der Waals surface area contributed by atoms with E-state index in [1.807, 2.05) is 11.8 Å². The van der Waals surface area contributed by atoms with E-state index in [0.29, 0.717) is 12.3 Å². The van der Waals surface area contributed by atoms with E-state index in [4.69, 9.17) is 0 Å². The molecule has 6 nitrogen and oxygen atoms in total. The van der Waals surface area contributed by atoms with Crippen molar-refractivity contribution < 1.29 is 9.59 Å². The Hall–Kier alpha value is -1.14. The van der Waals surface area contributed by atoms with Crippen LogP contribution in [0.2, 0.25) is 0 Å². The van der Waals surface area contributed by atoms with Gasteiger partial charge in [0, 0.05) is 51.7 Å². The Morgan fingerprint density at radius 2 is 2.00 bits per heavy atom. The summed E-state index contributed by atoms with van der Waals surface area (Å²) >= 11 is 0. The fraction of sp³-hybridized carbons (Fsp3) is 0.867. The van der Waals surface area contributed by atoms with E-state index >= 15 is 0 Å². The lowest BCUT2D eigenvalue weighted by molar-refractivity contribution is -0.139. The van der Waals surface area contributed by atoms with Crippen molar-refractivity contribution in [1.82, 2.24) is 20.4 Å². The fourth-order valence-corrected chi connectivity index (χ4v) is 3.80. The van der Waals surface area contributed by atoms with Gasteiger partial charge >= 0.3 is 0 Å². The zero-order valence-electron chi connectivity index (χ0n) is 12.8. The third-order valence-electron chi connectivity index (χ3n) is 5.19. The first kappa shape index (κ1) is 14.8. The van der Waals surface area contributed by atoms with E-state index < -0.39 is 0 Å². The fourth-order valence-electron chi connectivity index (χ4n) is 3.80. The number of hydrogen-bond acceptors (Lipinski definition) is 4. The van der Waals surface area contributed by atoms with Gasteiger partial charge in [0.1, 0.15) is 0 Å². The molecule has 0 aliphatic carbocycles. The standard InChI is InChI=1S/C15H26N4O2/c1-11(18-8-5-16-6-9-18)15(21)19-7-4-13-12(10-19)2-3-14(20)17-13/h11-13,16H,2-10H2,1H3,(H,17,20). The number of nitrogens with one attached hydrogen (secondary N) is 2. The number of piperidine rings is 2. The molecule has 0 aromatic rings. The van der Waals surface area contributed by atoms with Crippen molar-refractivity contribution in [2.75, 3.05) is 39.3 Å². The summed E-state index contributed by atoms with van der Waals surface area (Å²) in [5, 5.41) is 6.40. The zero-order valence-corrected chi connectivity index (χ0v) is 12.8. The Bertz CT molecular complexity index is 408. The van der Waals surface area contributed by atoms with E-state index in [-0.39, 0.29) is 23.9 Å². The number of carbonyl (C=O) groups excluding carboxylic acids is 2. The third kappa shape index (κ3) is 3.21. The topological polar surface area (TPSA) is 64.7 Å². The Labute approximate surface area is 126 Å².